The average Bonchev–Trinajstić information content (AvgIpc) is 2.88. The summed E-state index contributed by atoms with van der Waals surface area (Å²) in [6.45, 7) is 13.1. The van der Waals surface area contributed by atoms with Gasteiger partial charge in [0, 0.05) is 6.61 Å². The van der Waals surface area contributed by atoms with E-state index in [1.807, 2.05) is 5.06 Å². The summed E-state index contributed by atoms with van der Waals surface area (Å²) >= 11 is 0. The molecule has 32 heavy (non-hydrogen) atoms. The minimum atomic E-state index is -0.200. The van der Waals surface area contributed by atoms with Crippen molar-refractivity contribution in [2.24, 2.45) is 11.8 Å². The Morgan fingerprint density at radius 1 is 0.906 bits per heavy atom. The van der Waals surface area contributed by atoms with Gasteiger partial charge < -0.3 is 9.94 Å². The molecule has 1 aliphatic rings. The minimum absolute atomic E-state index is 0.0152. The van der Waals surface area contributed by atoms with Crippen LogP contribution in [0.1, 0.15) is 144 Å². The van der Waals surface area contributed by atoms with E-state index < -0.39 is 0 Å². The molecule has 1 heterocycles. The number of unbranched alkanes of at least 4 members (excludes halogenated alkanes) is 12. The Morgan fingerprint density at radius 3 is 1.78 bits per heavy atom. The summed E-state index contributed by atoms with van der Waals surface area (Å²) in [5, 5.41) is 11.7. The molecule has 0 aliphatic carbocycles. The molecule has 2 unspecified atom stereocenters. The van der Waals surface area contributed by atoms with Crippen molar-refractivity contribution in [2.45, 2.75) is 155 Å². The van der Waals surface area contributed by atoms with E-state index >= 15 is 0 Å². The molecular formula is C28H55NO3. The maximum absolute atomic E-state index is 12.6. The topological polar surface area (TPSA) is 49.8 Å². The second-order valence-electron chi connectivity index (χ2n) is 11.6. The number of hydrogen-bond donors (Lipinski definition) is 1. The van der Waals surface area contributed by atoms with E-state index in [0.717, 1.165) is 19.3 Å². The Kier molecular flexibility index (Phi) is 14.1. The molecule has 0 saturated carbocycles. The standard InChI is InChI=1S/C28H55NO3/c1-7-8-9-10-11-12-13-14-15-16-17-18-19-20-25(23-30)21-26(31)32-29-27(3,4)22-24(2)28(29,5)6/h24-25,30H,7-23H2,1-6H3. The van der Waals surface area contributed by atoms with Crippen molar-refractivity contribution >= 4 is 5.97 Å². The molecule has 1 saturated heterocycles. The number of aliphatic hydroxyl groups excluding tert-OH is 1. The molecule has 1 rings (SSSR count). The van der Waals surface area contributed by atoms with Crippen LogP contribution in [0.5, 0.6) is 0 Å². The quantitative estimate of drug-likeness (QED) is 0.215. The van der Waals surface area contributed by atoms with Crippen molar-refractivity contribution in [2.75, 3.05) is 6.61 Å². The minimum Gasteiger partial charge on any atom is -0.396 e. The zero-order valence-corrected chi connectivity index (χ0v) is 22.4. The summed E-state index contributed by atoms with van der Waals surface area (Å²) in [7, 11) is 0. The molecule has 0 spiro atoms. The van der Waals surface area contributed by atoms with Crippen LogP contribution < -0.4 is 0 Å². The highest BCUT2D eigenvalue weighted by Gasteiger charge is 2.52. The van der Waals surface area contributed by atoms with Crippen LogP contribution in [0.15, 0.2) is 0 Å². The lowest BCUT2D eigenvalue weighted by atomic mass is 9.89. The Bertz CT molecular complexity index is 503. The first-order valence-corrected chi connectivity index (χ1v) is 13.8. The second-order valence-corrected chi connectivity index (χ2v) is 11.6. The average molecular weight is 454 g/mol. The van der Waals surface area contributed by atoms with E-state index in [9.17, 15) is 9.90 Å². The first-order chi connectivity index (χ1) is 15.1. The van der Waals surface area contributed by atoms with Gasteiger partial charge in [0.15, 0.2) is 0 Å². The molecule has 1 aliphatic heterocycles. The lowest BCUT2D eigenvalue weighted by molar-refractivity contribution is -0.237. The Morgan fingerprint density at radius 2 is 1.38 bits per heavy atom. The van der Waals surface area contributed by atoms with Gasteiger partial charge >= 0.3 is 5.97 Å². The van der Waals surface area contributed by atoms with Gasteiger partial charge in [0.25, 0.3) is 0 Å². The third kappa shape index (κ3) is 10.5. The number of hydrogen-bond acceptors (Lipinski definition) is 4. The van der Waals surface area contributed by atoms with Crippen molar-refractivity contribution in [3.05, 3.63) is 0 Å². The van der Waals surface area contributed by atoms with Gasteiger partial charge in [-0.15, -0.1) is 5.06 Å². The monoisotopic (exact) mass is 453 g/mol. The Labute approximate surface area is 199 Å². The first kappa shape index (κ1) is 29.4. The molecular weight excluding hydrogens is 398 g/mol. The fraction of sp³-hybridized carbons (Fsp3) is 0.964. The number of carbonyl (C=O) groups excluding carboxylic acids is 1. The van der Waals surface area contributed by atoms with Gasteiger partial charge in [-0.2, -0.15) is 0 Å². The fourth-order valence-corrected chi connectivity index (χ4v) is 5.39. The van der Waals surface area contributed by atoms with E-state index in [1.165, 1.54) is 77.0 Å². The van der Waals surface area contributed by atoms with E-state index in [1.54, 1.807) is 0 Å². The number of carbonyl (C=O) groups is 1. The predicted octanol–water partition coefficient (Wildman–Crippen LogP) is 7.82. The predicted molar refractivity (Wildman–Crippen MR) is 135 cm³/mol. The van der Waals surface area contributed by atoms with Gasteiger partial charge in [0.2, 0.25) is 0 Å². The van der Waals surface area contributed by atoms with Crippen molar-refractivity contribution in [3.8, 4) is 0 Å². The van der Waals surface area contributed by atoms with Gasteiger partial charge in [-0.1, -0.05) is 97.3 Å². The molecule has 0 amide bonds. The number of hydroxylamine groups is 2. The maximum Gasteiger partial charge on any atom is 0.325 e. The lowest BCUT2D eigenvalue weighted by Crippen LogP contribution is -2.50. The van der Waals surface area contributed by atoms with Gasteiger partial charge in [-0.25, -0.2) is 0 Å². The molecule has 0 radical (unpaired) electrons. The van der Waals surface area contributed by atoms with Crippen molar-refractivity contribution in [1.82, 2.24) is 5.06 Å². The zero-order chi connectivity index (χ0) is 24.0. The Balaban J connectivity index is 2.12. The molecule has 1 N–H and O–H groups in total. The van der Waals surface area contributed by atoms with Crippen LogP contribution in [0.3, 0.4) is 0 Å². The number of rotatable bonds is 18. The molecule has 0 aromatic carbocycles. The van der Waals surface area contributed by atoms with E-state index in [4.69, 9.17) is 4.84 Å². The maximum atomic E-state index is 12.6. The summed E-state index contributed by atoms with van der Waals surface area (Å²) < 4.78 is 0. The van der Waals surface area contributed by atoms with Crippen LogP contribution in [0.2, 0.25) is 0 Å². The molecule has 4 nitrogen and oxygen atoms in total. The summed E-state index contributed by atoms with van der Waals surface area (Å²) in [4.78, 5) is 18.5. The molecule has 190 valence electrons. The normalized spacial score (nSPS) is 21.0. The van der Waals surface area contributed by atoms with Crippen LogP contribution in [0.4, 0.5) is 0 Å². The zero-order valence-electron chi connectivity index (χ0n) is 22.4. The smallest absolute Gasteiger partial charge is 0.325 e. The van der Waals surface area contributed by atoms with Gasteiger partial charge in [0.05, 0.1) is 17.5 Å². The summed E-state index contributed by atoms with van der Waals surface area (Å²) in [5.74, 6) is 0.278. The number of aliphatic hydroxyl groups is 1. The largest absolute Gasteiger partial charge is 0.396 e. The molecule has 4 heteroatoms. The van der Waals surface area contributed by atoms with Crippen LogP contribution >= 0.6 is 0 Å². The third-order valence-electron chi connectivity index (χ3n) is 7.71. The van der Waals surface area contributed by atoms with Gasteiger partial charge in [-0.05, 0) is 52.4 Å². The third-order valence-corrected chi connectivity index (χ3v) is 7.71. The molecule has 0 aromatic rings. The SMILES string of the molecule is CCCCCCCCCCCCCCCC(CO)CC(=O)ON1C(C)(C)CC(C)C1(C)C. The molecule has 0 aromatic heterocycles. The highest BCUT2D eigenvalue weighted by Crippen LogP contribution is 2.44. The highest BCUT2D eigenvalue weighted by molar-refractivity contribution is 5.69. The van der Waals surface area contributed by atoms with Crippen LogP contribution in [-0.4, -0.2) is 33.8 Å². The summed E-state index contributed by atoms with van der Waals surface area (Å²) in [6, 6.07) is 0. The summed E-state index contributed by atoms with van der Waals surface area (Å²) in [5.41, 5.74) is -0.314. The highest BCUT2D eigenvalue weighted by atomic mass is 16.7. The lowest BCUT2D eigenvalue weighted by Gasteiger charge is -2.39. The number of nitrogens with zero attached hydrogens (tertiary/aromatic N) is 1. The first-order valence-electron chi connectivity index (χ1n) is 13.8. The van der Waals surface area contributed by atoms with Crippen molar-refractivity contribution in [3.63, 3.8) is 0 Å². The van der Waals surface area contributed by atoms with E-state index in [-0.39, 0.29) is 29.6 Å². The van der Waals surface area contributed by atoms with E-state index in [2.05, 4.69) is 41.5 Å². The van der Waals surface area contributed by atoms with Crippen molar-refractivity contribution in [1.29, 1.82) is 0 Å². The van der Waals surface area contributed by atoms with Crippen LogP contribution in [-0.2, 0) is 9.63 Å². The Hall–Kier alpha value is -0.610. The van der Waals surface area contributed by atoms with Crippen LogP contribution in [0.25, 0.3) is 0 Å². The van der Waals surface area contributed by atoms with Crippen LogP contribution in [0, 0.1) is 11.8 Å². The van der Waals surface area contributed by atoms with Gasteiger partial charge in [0.1, 0.15) is 0 Å². The molecule has 2 atom stereocenters. The molecule has 1 fully saturated rings. The second kappa shape index (κ2) is 15.3. The van der Waals surface area contributed by atoms with E-state index in [0.29, 0.717) is 12.3 Å². The fourth-order valence-electron chi connectivity index (χ4n) is 5.39. The van der Waals surface area contributed by atoms with Gasteiger partial charge in [-0.3, -0.25) is 4.79 Å². The van der Waals surface area contributed by atoms with Crippen molar-refractivity contribution < 1.29 is 14.7 Å². The summed E-state index contributed by atoms with van der Waals surface area (Å²) in [6.07, 6.45) is 19.6. The molecule has 0 bridgehead atoms.